The van der Waals surface area contributed by atoms with Crippen LogP contribution in [0.1, 0.15) is 22.4 Å². The minimum absolute atomic E-state index is 0.150. The number of aromatic nitrogens is 3. The van der Waals surface area contributed by atoms with E-state index in [1.165, 1.54) is 13.2 Å². The van der Waals surface area contributed by atoms with Crippen molar-refractivity contribution in [1.82, 2.24) is 15.0 Å². The molecule has 0 atom stereocenters. The van der Waals surface area contributed by atoms with Crippen LogP contribution in [-0.2, 0) is 17.9 Å². The third-order valence-corrected chi connectivity index (χ3v) is 4.32. The maximum Gasteiger partial charge on any atom is 0.254 e. The zero-order valence-electron chi connectivity index (χ0n) is 15.5. The number of H-pyrrole nitrogens is 1. The van der Waals surface area contributed by atoms with Gasteiger partial charge >= 0.3 is 0 Å². The van der Waals surface area contributed by atoms with E-state index in [0.717, 1.165) is 11.1 Å². The Bertz CT molecular complexity index is 1000. The van der Waals surface area contributed by atoms with Crippen molar-refractivity contribution in [3.8, 4) is 11.4 Å². The molecule has 0 aliphatic carbocycles. The number of aromatic amines is 1. The molecule has 2 N–H and O–H groups in total. The first kappa shape index (κ1) is 18.7. The van der Waals surface area contributed by atoms with E-state index in [0.29, 0.717) is 35.0 Å². The zero-order valence-corrected chi connectivity index (χ0v) is 15.5. The fourth-order valence-electron chi connectivity index (χ4n) is 2.62. The Labute approximate surface area is 156 Å². The molecule has 0 saturated carbocycles. The fourth-order valence-corrected chi connectivity index (χ4v) is 2.62. The Balaban J connectivity index is 1.71. The number of benzene rings is 1. The lowest BCUT2D eigenvalue weighted by Gasteiger charge is -2.09. The van der Waals surface area contributed by atoms with Crippen LogP contribution in [0.2, 0.25) is 0 Å². The molecular weight excluding hydrogens is 347 g/mol. The summed E-state index contributed by atoms with van der Waals surface area (Å²) in [5, 5.41) is 3.19. The van der Waals surface area contributed by atoms with Crippen LogP contribution >= 0.6 is 0 Å². The van der Waals surface area contributed by atoms with E-state index in [9.17, 15) is 9.18 Å². The number of halogens is 1. The number of ether oxygens (including phenoxy) is 1. The number of rotatable bonds is 6. The van der Waals surface area contributed by atoms with Gasteiger partial charge in [-0.2, -0.15) is 0 Å². The van der Waals surface area contributed by atoms with Gasteiger partial charge in [0.25, 0.3) is 5.56 Å². The minimum atomic E-state index is -0.280. The molecule has 0 spiro atoms. The van der Waals surface area contributed by atoms with Crippen molar-refractivity contribution in [2.24, 2.45) is 0 Å². The van der Waals surface area contributed by atoms with Gasteiger partial charge in [-0.25, -0.2) is 14.4 Å². The molecule has 0 saturated heterocycles. The molecule has 7 heteroatoms. The van der Waals surface area contributed by atoms with Crippen LogP contribution < -0.4 is 10.9 Å². The first-order chi connectivity index (χ1) is 13.0. The minimum Gasteiger partial charge on any atom is -0.380 e. The first-order valence-electron chi connectivity index (χ1n) is 8.52. The highest BCUT2D eigenvalue weighted by molar-refractivity contribution is 5.56. The Morgan fingerprint density at radius 3 is 2.70 bits per heavy atom. The number of anilines is 1. The molecule has 0 unspecified atom stereocenters. The number of hydrogen-bond donors (Lipinski definition) is 2. The van der Waals surface area contributed by atoms with Crippen molar-refractivity contribution in [3.63, 3.8) is 0 Å². The van der Waals surface area contributed by atoms with E-state index in [-0.39, 0.29) is 18.0 Å². The van der Waals surface area contributed by atoms with Gasteiger partial charge in [0.15, 0.2) is 0 Å². The van der Waals surface area contributed by atoms with E-state index in [2.05, 4.69) is 20.3 Å². The molecule has 0 aliphatic heterocycles. The summed E-state index contributed by atoms with van der Waals surface area (Å²) >= 11 is 0. The molecule has 6 nitrogen and oxygen atoms in total. The van der Waals surface area contributed by atoms with E-state index in [1.807, 2.05) is 12.1 Å². The van der Waals surface area contributed by atoms with Crippen molar-refractivity contribution < 1.29 is 9.13 Å². The summed E-state index contributed by atoms with van der Waals surface area (Å²) < 4.78 is 18.7. The van der Waals surface area contributed by atoms with Crippen molar-refractivity contribution in [1.29, 1.82) is 0 Å². The number of nitrogens with zero attached hydrogens (tertiary/aromatic N) is 2. The van der Waals surface area contributed by atoms with Crippen LogP contribution in [0.15, 0.2) is 41.3 Å². The molecule has 3 rings (SSSR count). The maximum atomic E-state index is 13.7. The quantitative estimate of drug-likeness (QED) is 0.697. The van der Waals surface area contributed by atoms with Crippen LogP contribution in [0.5, 0.6) is 0 Å². The average Bonchev–Trinajstić information content (AvgIpc) is 2.67. The highest BCUT2D eigenvalue weighted by atomic mass is 19.1. The van der Waals surface area contributed by atoms with Gasteiger partial charge < -0.3 is 15.0 Å². The summed E-state index contributed by atoms with van der Waals surface area (Å²) in [6, 6.07) is 8.57. The first-order valence-corrected chi connectivity index (χ1v) is 8.52. The molecule has 2 heterocycles. The van der Waals surface area contributed by atoms with E-state index < -0.39 is 0 Å². The molecular formula is C20H21FN4O2. The SMILES string of the molecule is COCc1cc(CNc2ccc(-c3nc(C)c(C)c(=O)[nH]3)cn2)ccc1F. The van der Waals surface area contributed by atoms with E-state index >= 15 is 0 Å². The molecule has 3 aromatic rings. The fraction of sp³-hybridized carbons (Fsp3) is 0.250. The van der Waals surface area contributed by atoms with Crippen molar-refractivity contribution in [2.45, 2.75) is 27.0 Å². The van der Waals surface area contributed by atoms with Gasteiger partial charge in [-0.05, 0) is 43.7 Å². The predicted octanol–water partition coefficient (Wildman–Crippen LogP) is 3.35. The lowest BCUT2D eigenvalue weighted by atomic mass is 10.1. The Kier molecular flexibility index (Phi) is 5.61. The third-order valence-electron chi connectivity index (χ3n) is 4.32. The van der Waals surface area contributed by atoms with Crippen LogP contribution in [0.25, 0.3) is 11.4 Å². The Hall–Kier alpha value is -3.06. The summed E-state index contributed by atoms with van der Waals surface area (Å²) in [6.07, 6.45) is 1.65. The number of methoxy groups -OCH3 is 1. The average molecular weight is 368 g/mol. The zero-order chi connectivity index (χ0) is 19.4. The largest absolute Gasteiger partial charge is 0.380 e. The lowest BCUT2D eigenvalue weighted by Crippen LogP contribution is -2.14. The number of hydrogen-bond acceptors (Lipinski definition) is 5. The van der Waals surface area contributed by atoms with Gasteiger partial charge in [0, 0.05) is 42.2 Å². The van der Waals surface area contributed by atoms with Crippen LogP contribution in [0.3, 0.4) is 0 Å². The third kappa shape index (κ3) is 4.38. The molecule has 0 bridgehead atoms. The second kappa shape index (κ2) is 8.09. The summed E-state index contributed by atoms with van der Waals surface area (Å²) in [7, 11) is 1.54. The smallest absolute Gasteiger partial charge is 0.254 e. The normalized spacial score (nSPS) is 10.8. The summed E-state index contributed by atoms with van der Waals surface area (Å²) in [5.41, 5.74) is 3.32. The van der Waals surface area contributed by atoms with Crippen molar-refractivity contribution in [2.75, 3.05) is 12.4 Å². The highest BCUT2D eigenvalue weighted by Gasteiger charge is 2.07. The Morgan fingerprint density at radius 2 is 2.04 bits per heavy atom. The number of aryl methyl sites for hydroxylation is 1. The monoisotopic (exact) mass is 368 g/mol. The Morgan fingerprint density at radius 1 is 1.22 bits per heavy atom. The molecule has 0 fully saturated rings. The lowest BCUT2D eigenvalue weighted by molar-refractivity contribution is 0.181. The molecule has 27 heavy (non-hydrogen) atoms. The van der Waals surface area contributed by atoms with Gasteiger partial charge in [0.2, 0.25) is 0 Å². The van der Waals surface area contributed by atoms with Gasteiger partial charge in [-0.15, -0.1) is 0 Å². The van der Waals surface area contributed by atoms with Gasteiger partial charge in [0.1, 0.15) is 17.5 Å². The van der Waals surface area contributed by atoms with Crippen LogP contribution in [0.4, 0.5) is 10.2 Å². The van der Waals surface area contributed by atoms with Crippen LogP contribution in [-0.4, -0.2) is 22.1 Å². The molecule has 1 aromatic carbocycles. The maximum absolute atomic E-state index is 13.7. The molecule has 0 amide bonds. The number of nitrogens with one attached hydrogen (secondary N) is 2. The van der Waals surface area contributed by atoms with Crippen LogP contribution in [0, 0.1) is 19.7 Å². The van der Waals surface area contributed by atoms with Crippen molar-refractivity contribution in [3.05, 3.63) is 75.1 Å². The summed E-state index contributed by atoms with van der Waals surface area (Å²) in [5.74, 6) is 0.880. The molecule has 140 valence electrons. The summed E-state index contributed by atoms with van der Waals surface area (Å²) in [4.78, 5) is 23.4. The molecule has 0 aliphatic rings. The predicted molar refractivity (Wildman–Crippen MR) is 102 cm³/mol. The number of pyridine rings is 1. The second-order valence-electron chi connectivity index (χ2n) is 6.27. The van der Waals surface area contributed by atoms with Crippen molar-refractivity contribution >= 4 is 5.82 Å². The standard InChI is InChI=1S/C20H21FN4O2/c1-12-13(2)24-19(25-20(12)26)15-5-7-18(23-10-15)22-9-14-4-6-17(21)16(8-14)11-27-3/h4-8,10H,9,11H2,1-3H3,(H,22,23)(H,24,25,26). The van der Waals surface area contributed by atoms with E-state index in [1.54, 1.807) is 32.2 Å². The highest BCUT2D eigenvalue weighted by Crippen LogP contribution is 2.17. The van der Waals surface area contributed by atoms with Gasteiger partial charge in [-0.1, -0.05) is 6.07 Å². The molecule has 0 radical (unpaired) electrons. The van der Waals surface area contributed by atoms with Gasteiger partial charge in [-0.3, -0.25) is 4.79 Å². The van der Waals surface area contributed by atoms with E-state index in [4.69, 9.17) is 4.74 Å². The topological polar surface area (TPSA) is 79.9 Å². The molecule has 2 aromatic heterocycles. The van der Waals surface area contributed by atoms with Gasteiger partial charge in [0.05, 0.1) is 6.61 Å². The second-order valence-corrected chi connectivity index (χ2v) is 6.27. The summed E-state index contributed by atoms with van der Waals surface area (Å²) in [6.45, 7) is 4.28.